The highest BCUT2D eigenvalue weighted by Crippen LogP contribution is 2.46. The smallest absolute Gasteiger partial charge is 0.341 e. The number of rotatable bonds is 6. The van der Waals surface area contributed by atoms with Crippen LogP contribution in [0.3, 0.4) is 0 Å². The Kier molecular flexibility index (Phi) is 6.25. The summed E-state index contributed by atoms with van der Waals surface area (Å²) >= 11 is 1.39. The van der Waals surface area contributed by atoms with Crippen molar-refractivity contribution in [1.82, 2.24) is 0 Å². The molecule has 0 radical (unpaired) electrons. The number of carbonyl (C=O) groups excluding carboxylic acids is 2. The highest BCUT2D eigenvalue weighted by Gasteiger charge is 2.38. The van der Waals surface area contributed by atoms with E-state index in [0.717, 1.165) is 10.4 Å². The van der Waals surface area contributed by atoms with Gasteiger partial charge in [-0.05, 0) is 36.5 Å². The Balaban J connectivity index is 2.06. The van der Waals surface area contributed by atoms with Gasteiger partial charge < -0.3 is 19.2 Å². The summed E-state index contributed by atoms with van der Waals surface area (Å²) in [5, 5.41) is 3.33. The molecule has 0 fully saturated rings. The van der Waals surface area contributed by atoms with E-state index in [4.69, 9.17) is 13.9 Å². The van der Waals surface area contributed by atoms with E-state index < -0.39 is 11.9 Å². The van der Waals surface area contributed by atoms with Crippen LogP contribution in [0.5, 0.6) is 0 Å². The van der Waals surface area contributed by atoms with E-state index >= 15 is 0 Å². The zero-order valence-electron chi connectivity index (χ0n) is 16.9. The molecule has 3 rings (SSSR count). The standard InChI is InChI=1S/C21H27NO5S/c1-6-25-21(24)16-13-10-15(11(2)3)27-17(12(4)5)18(13)28-20(16)22-19(23)14-8-7-9-26-14/h7-9,11-12,15,17H,6,10H2,1-5H3,(H,22,23). The van der Waals surface area contributed by atoms with Crippen molar-refractivity contribution in [1.29, 1.82) is 0 Å². The maximum absolute atomic E-state index is 12.8. The van der Waals surface area contributed by atoms with Crippen molar-refractivity contribution in [3.05, 3.63) is 40.2 Å². The molecular formula is C21H27NO5S. The molecule has 0 spiro atoms. The lowest BCUT2D eigenvalue weighted by Crippen LogP contribution is -2.32. The number of hydrogen-bond acceptors (Lipinski definition) is 6. The Morgan fingerprint density at radius 1 is 1.29 bits per heavy atom. The summed E-state index contributed by atoms with van der Waals surface area (Å²) in [6.45, 7) is 10.5. The van der Waals surface area contributed by atoms with Crippen LogP contribution in [-0.2, 0) is 15.9 Å². The molecule has 0 bridgehead atoms. The molecule has 1 aliphatic heterocycles. The minimum Gasteiger partial charge on any atom is -0.462 e. The largest absolute Gasteiger partial charge is 0.462 e. The second-order valence-electron chi connectivity index (χ2n) is 7.59. The summed E-state index contributed by atoms with van der Waals surface area (Å²) < 4.78 is 16.8. The number of hydrogen-bond donors (Lipinski definition) is 1. The molecule has 0 aromatic carbocycles. The van der Waals surface area contributed by atoms with E-state index in [1.165, 1.54) is 17.6 Å². The third kappa shape index (κ3) is 4.00. The van der Waals surface area contributed by atoms with Gasteiger partial charge in [-0.15, -0.1) is 11.3 Å². The number of ether oxygens (including phenoxy) is 2. The van der Waals surface area contributed by atoms with Gasteiger partial charge in [-0.2, -0.15) is 0 Å². The lowest BCUT2D eigenvalue weighted by Gasteiger charge is -2.34. The van der Waals surface area contributed by atoms with Crippen molar-refractivity contribution in [2.75, 3.05) is 11.9 Å². The van der Waals surface area contributed by atoms with Gasteiger partial charge in [-0.1, -0.05) is 27.7 Å². The molecule has 0 saturated heterocycles. The van der Waals surface area contributed by atoms with Crippen LogP contribution in [0, 0.1) is 11.8 Å². The molecule has 2 atom stereocenters. The van der Waals surface area contributed by atoms with Crippen molar-refractivity contribution < 1.29 is 23.5 Å². The predicted octanol–water partition coefficient (Wildman–Crippen LogP) is 5.06. The zero-order valence-corrected chi connectivity index (χ0v) is 17.7. The number of thiophene rings is 1. The molecule has 2 aromatic heterocycles. The first kappa shape index (κ1) is 20.6. The first-order valence-electron chi connectivity index (χ1n) is 9.66. The van der Waals surface area contributed by atoms with Crippen LogP contribution in [0.25, 0.3) is 0 Å². The lowest BCUT2D eigenvalue weighted by molar-refractivity contribution is -0.0671. The summed E-state index contributed by atoms with van der Waals surface area (Å²) in [5.74, 6) is -0.0655. The van der Waals surface area contributed by atoms with E-state index in [1.54, 1.807) is 19.1 Å². The van der Waals surface area contributed by atoms with E-state index in [0.29, 0.717) is 22.9 Å². The molecule has 2 unspecified atom stereocenters. The fourth-order valence-electron chi connectivity index (χ4n) is 3.35. The number of furan rings is 1. The average molecular weight is 406 g/mol. The molecule has 1 amide bonds. The van der Waals surface area contributed by atoms with Crippen LogP contribution >= 0.6 is 11.3 Å². The highest BCUT2D eigenvalue weighted by molar-refractivity contribution is 7.17. The monoisotopic (exact) mass is 405 g/mol. The molecule has 0 aliphatic carbocycles. The minimum absolute atomic E-state index is 0.0105. The summed E-state index contributed by atoms with van der Waals surface area (Å²) in [6, 6.07) is 3.23. The van der Waals surface area contributed by atoms with E-state index in [-0.39, 0.29) is 30.5 Å². The van der Waals surface area contributed by atoms with Crippen LogP contribution in [-0.4, -0.2) is 24.6 Å². The number of fused-ring (bicyclic) bond motifs is 1. The van der Waals surface area contributed by atoms with Gasteiger partial charge in [0.05, 0.1) is 30.6 Å². The normalized spacial score (nSPS) is 19.0. The maximum Gasteiger partial charge on any atom is 0.341 e. The summed E-state index contributed by atoms with van der Waals surface area (Å²) in [4.78, 5) is 26.3. The quantitative estimate of drug-likeness (QED) is 0.679. The van der Waals surface area contributed by atoms with Crippen molar-refractivity contribution in [3.63, 3.8) is 0 Å². The Labute approximate surface area is 169 Å². The molecule has 2 aromatic rings. The van der Waals surface area contributed by atoms with Crippen LogP contribution in [0.1, 0.15) is 72.1 Å². The fourth-order valence-corrected chi connectivity index (χ4v) is 4.77. The first-order valence-corrected chi connectivity index (χ1v) is 10.5. The van der Waals surface area contributed by atoms with E-state index in [9.17, 15) is 9.59 Å². The third-order valence-electron chi connectivity index (χ3n) is 4.82. The number of esters is 1. The predicted molar refractivity (Wildman–Crippen MR) is 108 cm³/mol. The molecule has 3 heterocycles. The van der Waals surface area contributed by atoms with Gasteiger partial charge in [-0.3, -0.25) is 4.79 Å². The minimum atomic E-state index is -0.415. The number of anilines is 1. The number of amides is 1. The Morgan fingerprint density at radius 3 is 2.61 bits per heavy atom. The zero-order chi connectivity index (χ0) is 20.4. The van der Waals surface area contributed by atoms with Gasteiger partial charge in [-0.25, -0.2) is 4.79 Å². The van der Waals surface area contributed by atoms with Gasteiger partial charge in [0.25, 0.3) is 5.91 Å². The second kappa shape index (κ2) is 8.49. The van der Waals surface area contributed by atoms with Gasteiger partial charge >= 0.3 is 5.97 Å². The van der Waals surface area contributed by atoms with Crippen LogP contribution in [0.4, 0.5) is 5.00 Å². The lowest BCUT2D eigenvalue weighted by atomic mass is 9.89. The first-order chi connectivity index (χ1) is 13.3. The summed E-state index contributed by atoms with van der Waals surface area (Å²) in [7, 11) is 0. The third-order valence-corrected chi connectivity index (χ3v) is 6.03. The fraction of sp³-hybridized carbons (Fsp3) is 0.524. The molecule has 0 saturated carbocycles. The van der Waals surface area contributed by atoms with Crippen LogP contribution in [0.15, 0.2) is 22.8 Å². The molecule has 1 N–H and O–H groups in total. The van der Waals surface area contributed by atoms with Crippen molar-refractivity contribution in [3.8, 4) is 0 Å². The molecule has 6 nitrogen and oxygen atoms in total. The summed E-state index contributed by atoms with van der Waals surface area (Å²) in [6.07, 6.45) is 1.95. The average Bonchev–Trinajstić information content (AvgIpc) is 3.28. The second-order valence-corrected chi connectivity index (χ2v) is 8.64. The van der Waals surface area contributed by atoms with Crippen molar-refractivity contribution in [2.24, 2.45) is 11.8 Å². The molecule has 7 heteroatoms. The Morgan fingerprint density at radius 2 is 2.04 bits per heavy atom. The van der Waals surface area contributed by atoms with Gasteiger partial charge in [0.2, 0.25) is 0 Å². The Hall–Kier alpha value is -2.12. The summed E-state index contributed by atoms with van der Waals surface area (Å²) in [5.41, 5.74) is 1.38. The molecule has 152 valence electrons. The SMILES string of the molecule is CCOC(=O)c1c(NC(=O)c2ccco2)sc2c1CC(C(C)C)OC2C(C)C. The van der Waals surface area contributed by atoms with E-state index in [1.807, 2.05) is 0 Å². The van der Waals surface area contributed by atoms with Crippen LogP contribution in [0.2, 0.25) is 0 Å². The number of carbonyl (C=O) groups is 2. The highest BCUT2D eigenvalue weighted by atomic mass is 32.1. The molecule has 1 aliphatic rings. The maximum atomic E-state index is 12.8. The topological polar surface area (TPSA) is 77.8 Å². The van der Waals surface area contributed by atoms with Gasteiger partial charge in [0, 0.05) is 11.3 Å². The van der Waals surface area contributed by atoms with Gasteiger partial charge in [0.15, 0.2) is 5.76 Å². The Bertz CT molecular complexity index is 837. The number of nitrogens with one attached hydrogen (secondary N) is 1. The van der Waals surface area contributed by atoms with Crippen LogP contribution < -0.4 is 5.32 Å². The van der Waals surface area contributed by atoms with Gasteiger partial charge in [0.1, 0.15) is 5.00 Å². The molecule has 28 heavy (non-hydrogen) atoms. The van der Waals surface area contributed by atoms with Crippen molar-refractivity contribution >= 4 is 28.2 Å². The van der Waals surface area contributed by atoms with Crippen molar-refractivity contribution in [2.45, 2.75) is 53.2 Å². The molecular weight excluding hydrogens is 378 g/mol. The van der Waals surface area contributed by atoms with E-state index in [2.05, 4.69) is 33.0 Å².